The monoisotopic (exact) mass is 274 g/mol. The van der Waals surface area contributed by atoms with E-state index in [0.29, 0.717) is 11.3 Å². The van der Waals surface area contributed by atoms with Crippen LogP contribution in [0.4, 0.5) is 10.5 Å². The second kappa shape index (κ2) is 4.62. The highest BCUT2D eigenvalue weighted by Crippen LogP contribution is 2.62. The molecule has 1 aromatic carbocycles. The molecule has 1 saturated carbocycles. The number of anilines is 1. The summed E-state index contributed by atoms with van der Waals surface area (Å²) in [4.78, 5) is 23.1. The molecule has 4 heteroatoms. The highest BCUT2D eigenvalue weighted by Gasteiger charge is 2.65. The number of hydrogen-bond donors (Lipinski definition) is 2. The van der Waals surface area contributed by atoms with Crippen LogP contribution >= 0.6 is 0 Å². The molecule has 0 radical (unpaired) electrons. The van der Waals surface area contributed by atoms with Gasteiger partial charge in [-0.1, -0.05) is 27.7 Å². The number of amides is 2. The molecule has 4 nitrogen and oxygen atoms in total. The quantitative estimate of drug-likeness (QED) is 0.829. The van der Waals surface area contributed by atoms with Gasteiger partial charge in [0.1, 0.15) is 0 Å². The number of Topliss-reactive ketones (excluding diaryl/α,β-unsaturated/α-hetero) is 1. The van der Waals surface area contributed by atoms with E-state index in [1.807, 2.05) is 0 Å². The lowest BCUT2D eigenvalue weighted by atomic mass is 10.0. The molecule has 1 aliphatic rings. The van der Waals surface area contributed by atoms with E-state index in [0.717, 1.165) is 0 Å². The van der Waals surface area contributed by atoms with Gasteiger partial charge in [0.25, 0.3) is 0 Å². The highest BCUT2D eigenvalue weighted by molar-refractivity contribution is 5.95. The number of hydrogen-bond acceptors (Lipinski definition) is 2. The van der Waals surface area contributed by atoms with E-state index in [1.54, 1.807) is 24.3 Å². The second-order valence-corrected chi connectivity index (χ2v) is 6.61. The Morgan fingerprint density at radius 2 is 1.50 bits per heavy atom. The topological polar surface area (TPSA) is 58.2 Å². The summed E-state index contributed by atoms with van der Waals surface area (Å²) < 4.78 is 0. The predicted octanol–water partition coefficient (Wildman–Crippen LogP) is 3.45. The highest BCUT2D eigenvalue weighted by atomic mass is 16.2. The average molecular weight is 274 g/mol. The molecule has 0 unspecified atom stereocenters. The fourth-order valence-corrected chi connectivity index (χ4v) is 2.64. The average Bonchev–Trinajstić information content (AvgIpc) is 2.72. The third kappa shape index (κ3) is 2.42. The summed E-state index contributed by atoms with van der Waals surface area (Å²) in [5, 5.41) is 5.80. The summed E-state index contributed by atoms with van der Waals surface area (Å²) in [5.41, 5.74) is 1.55. The summed E-state index contributed by atoms with van der Waals surface area (Å²) in [6.07, 6.45) is 0. The van der Waals surface area contributed by atoms with Crippen LogP contribution in [0.2, 0.25) is 0 Å². The number of benzene rings is 1. The SMILES string of the molecule is CC(=O)c1ccc(NC(=O)NC2C(C)(C)C2(C)C)cc1. The van der Waals surface area contributed by atoms with E-state index in [1.165, 1.54) is 6.92 Å². The van der Waals surface area contributed by atoms with E-state index >= 15 is 0 Å². The van der Waals surface area contributed by atoms with Gasteiger partial charge < -0.3 is 10.6 Å². The second-order valence-electron chi connectivity index (χ2n) is 6.61. The zero-order valence-corrected chi connectivity index (χ0v) is 12.7. The van der Waals surface area contributed by atoms with E-state index in [4.69, 9.17) is 0 Å². The molecule has 2 N–H and O–H groups in total. The molecular weight excluding hydrogens is 252 g/mol. The molecule has 0 heterocycles. The van der Waals surface area contributed by atoms with Crippen molar-refractivity contribution in [1.82, 2.24) is 5.32 Å². The molecule has 0 spiro atoms. The van der Waals surface area contributed by atoms with Crippen LogP contribution in [0, 0.1) is 10.8 Å². The van der Waals surface area contributed by atoms with Crippen LogP contribution in [0.1, 0.15) is 45.0 Å². The van der Waals surface area contributed by atoms with Gasteiger partial charge in [0.05, 0.1) is 0 Å². The van der Waals surface area contributed by atoms with Crippen LogP contribution in [0.3, 0.4) is 0 Å². The number of rotatable bonds is 3. The summed E-state index contributed by atoms with van der Waals surface area (Å²) in [7, 11) is 0. The fraction of sp³-hybridized carbons (Fsp3) is 0.500. The van der Waals surface area contributed by atoms with Gasteiger partial charge in [-0.2, -0.15) is 0 Å². The molecule has 108 valence electrons. The van der Waals surface area contributed by atoms with Crippen molar-refractivity contribution < 1.29 is 9.59 Å². The normalized spacial score (nSPS) is 19.2. The van der Waals surface area contributed by atoms with Gasteiger partial charge in [0.15, 0.2) is 5.78 Å². The Morgan fingerprint density at radius 3 is 1.90 bits per heavy atom. The number of nitrogens with one attached hydrogen (secondary N) is 2. The largest absolute Gasteiger partial charge is 0.334 e. The van der Waals surface area contributed by atoms with Crippen molar-refractivity contribution in [3.8, 4) is 0 Å². The van der Waals surface area contributed by atoms with Crippen molar-refractivity contribution >= 4 is 17.5 Å². The molecule has 20 heavy (non-hydrogen) atoms. The third-order valence-corrected chi connectivity index (χ3v) is 4.85. The molecular formula is C16H22N2O2. The molecule has 0 saturated heterocycles. The van der Waals surface area contributed by atoms with Crippen molar-refractivity contribution in [2.24, 2.45) is 10.8 Å². The van der Waals surface area contributed by atoms with Crippen LogP contribution in [0.15, 0.2) is 24.3 Å². The van der Waals surface area contributed by atoms with E-state index in [9.17, 15) is 9.59 Å². The van der Waals surface area contributed by atoms with Crippen LogP contribution in [-0.2, 0) is 0 Å². The first-order valence-electron chi connectivity index (χ1n) is 6.85. The number of ketones is 1. The molecule has 0 atom stereocenters. The van der Waals surface area contributed by atoms with Crippen molar-refractivity contribution in [1.29, 1.82) is 0 Å². The minimum absolute atomic E-state index is 0.0162. The Balaban J connectivity index is 1.94. The first kappa shape index (κ1) is 14.6. The van der Waals surface area contributed by atoms with Gasteiger partial charge in [-0.25, -0.2) is 4.79 Å². The Bertz CT molecular complexity index is 530. The number of carbonyl (C=O) groups is 2. The molecule has 1 aromatic rings. The van der Waals surface area contributed by atoms with Gasteiger partial charge in [-0.15, -0.1) is 0 Å². The maximum atomic E-state index is 12.0. The van der Waals surface area contributed by atoms with E-state index in [-0.39, 0.29) is 28.7 Å². The Hall–Kier alpha value is -1.84. The van der Waals surface area contributed by atoms with Gasteiger partial charge in [-0.3, -0.25) is 4.79 Å². The van der Waals surface area contributed by atoms with Gasteiger partial charge >= 0.3 is 6.03 Å². The van der Waals surface area contributed by atoms with Gasteiger partial charge in [0, 0.05) is 17.3 Å². The summed E-state index contributed by atoms with van der Waals surface area (Å²) in [6, 6.07) is 6.86. The first-order chi connectivity index (χ1) is 9.16. The predicted molar refractivity (Wildman–Crippen MR) is 80.0 cm³/mol. The zero-order chi connectivity index (χ0) is 15.1. The molecule has 0 aliphatic heterocycles. The first-order valence-corrected chi connectivity index (χ1v) is 6.85. The third-order valence-electron chi connectivity index (χ3n) is 4.85. The maximum absolute atomic E-state index is 12.0. The van der Waals surface area contributed by atoms with Crippen LogP contribution in [0.25, 0.3) is 0 Å². The Morgan fingerprint density at radius 1 is 1.00 bits per heavy atom. The Labute approximate surface area is 119 Å². The minimum atomic E-state index is -0.204. The van der Waals surface area contributed by atoms with Crippen LogP contribution < -0.4 is 10.6 Å². The molecule has 1 aliphatic carbocycles. The molecule has 0 bridgehead atoms. The maximum Gasteiger partial charge on any atom is 0.319 e. The summed E-state index contributed by atoms with van der Waals surface area (Å²) in [6.45, 7) is 10.1. The molecule has 0 aromatic heterocycles. The minimum Gasteiger partial charge on any atom is -0.334 e. The van der Waals surface area contributed by atoms with Crippen molar-refractivity contribution in [3.63, 3.8) is 0 Å². The van der Waals surface area contributed by atoms with Crippen LogP contribution in [0.5, 0.6) is 0 Å². The van der Waals surface area contributed by atoms with E-state index in [2.05, 4.69) is 38.3 Å². The van der Waals surface area contributed by atoms with Crippen molar-refractivity contribution in [2.45, 2.75) is 40.7 Å². The zero-order valence-electron chi connectivity index (χ0n) is 12.7. The van der Waals surface area contributed by atoms with Gasteiger partial charge in [-0.05, 0) is 42.0 Å². The van der Waals surface area contributed by atoms with Crippen molar-refractivity contribution in [3.05, 3.63) is 29.8 Å². The molecule has 2 rings (SSSR count). The lowest BCUT2D eigenvalue weighted by Crippen LogP contribution is -2.33. The molecule has 2 amide bonds. The number of carbonyl (C=O) groups excluding carboxylic acids is 2. The Kier molecular flexibility index (Phi) is 3.36. The smallest absolute Gasteiger partial charge is 0.319 e. The summed E-state index contributed by atoms with van der Waals surface area (Å²) >= 11 is 0. The van der Waals surface area contributed by atoms with E-state index < -0.39 is 0 Å². The lowest BCUT2D eigenvalue weighted by molar-refractivity contribution is 0.101. The van der Waals surface area contributed by atoms with Gasteiger partial charge in [0.2, 0.25) is 0 Å². The number of urea groups is 1. The fourth-order valence-electron chi connectivity index (χ4n) is 2.64. The lowest BCUT2D eigenvalue weighted by Gasteiger charge is -2.09. The van der Waals surface area contributed by atoms with Crippen molar-refractivity contribution in [2.75, 3.05) is 5.32 Å². The standard InChI is InChI=1S/C16H22N2O2/c1-10(19)11-6-8-12(9-7-11)17-14(20)18-13-15(2,3)16(13,4)5/h6-9,13H,1-5H3,(H2,17,18,20). The summed E-state index contributed by atoms with van der Waals surface area (Å²) in [5.74, 6) is 0.0162. The van der Waals surface area contributed by atoms with Crippen LogP contribution in [-0.4, -0.2) is 17.9 Å². The molecule has 1 fully saturated rings.